The molecule has 0 heterocycles. The van der Waals surface area contributed by atoms with E-state index in [4.69, 9.17) is 15.3 Å². The lowest BCUT2D eigenvalue weighted by atomic mass is 10.2. The zero-order valence-electron chi connectivity index (χ0n) is 13.6. The van der Waals surface area contributed by atoms with E-state index >= 15 is 0 Å². The Kier molecular flexibility index (Phi) is 6.16. The number of methoxy groups -OCH3 is 1. The molecule has 2 aromatic carbocycles. The number of hydrogen-bond donors (Lipinski definition) is 2. The summed E-state index contributed by atoms with van der Waals surface area (Å²) in [6, 6.07) is 17.8. The molecule has 0 atom stereocenters. The summed E-state index contributed by atoms with van der Waals surface area (Å²) in [5.74, 6) is 0.263. The van der Waals surface area contributed by atoms with Crippen molar-refractivity contribution in [2.45, 2.75) is 6.54 Å². The fraction of sp³-hybridized carbons (Fsp3) is 0.105. The highest BCUT2D eigenvalue weighted by atomic mass is 16.5. The Balaban J connectivity index is 1.94. The minimum atomic E-state index is -0.473. The third-order valence-corrected chi connectivity index (χ3v) is 3.37. The molecule has 0 aliphatic heterocycles. The number of anilines is 1. The molecule has 0 bridgehead atoms. The lowest BCUT2D eigenvalue weighted by Gasteiger charge is -2.06. The van der Waals surface area contributed by atoms with E-state index in [-0.39, 0.29) is 5.57 Å². The third kappa shape index (κ3) is 5.12. The predicted molar refractivity (Wildman–Crippen MR) is 93.3 cm³/mol. The summed E-state index contributed by atoms with van der Waals surface area (Å²) < 4.78 is 5.07. The minimum absolute atomic E-state index is 0.0436. The maximum Gasteiger partial charge on any atom is 0.263 e. The van der Waals surface area contributed by atoms with Gasteiger partial charge in [-0.05, 0) is 42.0 Å². The molecule has 0 unspecified atom stereocenters. The Morgan fingerprint density at radius 3 is 2.36 bits per heavy atom. The second-order valence-electron chi connectivity index (χ2n) is 5.03. The van der Waals surface area contributed by atoms with Crippen LogP contribution in [0.1, 0.15) is 11.1 Å². The lowest BCUT2D eigenvalue weighted by molar-refractivity contribution is -0.117. The normalized spacial score (nSPS) is 10.3. The van der Waals surface area contributed by atoms with Crippen molar-refractivity contribution in [2.75, 3.05) is 12.4 Å². The van der Waals surface area contributed by atoms with Crippen LogP contribution in [0.25, 0.3) is 0 Å². The average Bonchev–Trinajstić information content (AvgIpc) is 2.67. The van der Waals surface area contributed by atoms with Crippen LogP contribution in [-0.4, -0.2) is 13.0 Å². The summed E-state index contributed by atoms with van der Waals surface area (Å²) in [6.07, 6.45) is 1.34. The van der Waals surface area contributed by atoms with E-state index in [2.05, 4.69) is 10.6 Å². The molecule has 0 aliphatic carbocycles. The summed E-state index contributed by atoms with van der Waals surface area (Å²) >= 11 is 0. The number of carbonyl (C=O) groups is 1. The highest BCUT2D eigenvalue weighted by molar-refractivity contribution is 5.97. The fourth-order valence-electron chi connectivity index (χ4n) is 1.97. The van der Waals surface area contributed by atoms with Gasteiger partial charge in [0.15, 0.2) is 0 Å². The smallest absolute Gasteiger partial charge is 0.263 e. The molecule has 2 aromatic rings. The van der Waals surface area contributed by atoms with Crippen LogP contribution in [0.15, 0.2) is 60.3 Å². The SMILES string of the molecule is COc1ccc(CNC(=O)/C(C#N)=C\Nc2ccc(C#N)cc2)cc1. The molecule has 0 radical (unpaired) electrons. The van der Waals surface area contributed by atoms with Gasteiger partial charge in [0.05, 0.1) is 18.7 Å². The minimum Gasteiger partial charge on any atom is -0.497 e. The van der Waals surface area contributed by atoms with Crippen LogP contribution in [-0.2, 0) is 11.3 Å². The summed E-state index contributed by atoms with van der Waals surface area (Å²) in [4.78, 5) is 12.1. The summed E-state index contributed by atoms with van der Waals surface area (Å²) in [5.41, 5.74) is 2.06. The molecule has 25 heavy (non-hydrogen) atoms. The van der Waals surface area contributed by atoms with Crippen LogP contribution in [0.5, 0.6) is 5.75 Å². The fourth-order valence-corrected chi connectivity index (χ4v) is 1.97. The molecule has 0 fully saturated rings. The quantitative estimate of drug-likeness (QED) is 0.626. The average molecular weight is 332 g/mol. The van der Waals surface area contributed by atoms with E-state index in [0.29, 0.717) is 17.8 Å². The van der Waals surface area contributed by atoms with Gasteiger partial charge in [-0.25, -0.2) is 0 Å². The summed E-state index contributed by atoms with van der Waals surface area (Å²) in [7, 11) is 1.58. The maximum absolute atomic E-state index is 12.1. The number of nitrogens with one attached hydrogen (secondary N) is 2. The highest BCUT2D eigenvalue weighted by Gasteiger charge is 2.08. The van der Waals surface area contributed by atoms with Crippen molar-refractivity contribution in [3.8, 4) is 17.9 Å². The summed E-state index contributed by atoms with van der Waals surface area (Å²) in [6.45, 7) is 0.304. The van der Waals surface area contributed by atoms with Crippen LogP contribution >= 0.6 is 0 Å². The molecule has 0 aliphatic rings. The van der Waals surface area contributed by atoms with Crippen molar-refractivity contribution in [1.82, 2.24) is 5.32 Å². The van der Waals surface area contributed by atoms with Crippen LogP contribution in [0, 0.1) is 22.7 Å². The Bertz CT molecular complexity index is 841. The number of nitrogens with zero attached hydrogens (tertiary/aromatic N) is 2. The number of hydrogen-bond acceptors (Lipinski definition) is 5. The largest absolute Gasteiger partial charge is 0.497 e. The first-order valence-electron chi connectivity index (χ1n) is 7.44. The first kappa shape index (κ1) is 17.6. The van der Waals surface area contributed by atoms with Gasteiger partial charge in [0, 0.05) is 18.4 Å². The molecule has 124 valence electrons. The molecule has 6 heteroatoms. The van der Waals surface area contributed by atoms with E-state index in [1.807, 2.05) is 24.3 Å². The Hall–Kier alpha value is -3.77. The van der Waals surface area contributed by atoms with Crippen molar-refractivity contribution in [2.24, 2.45) is 0 Å². The molecule has 0 aromatic heterocycles. The van der Waals surface area contributed by atoms with Gasteiger partial charge in [0.25, 0.3) is 5.91 Å². The first-order valence-corrected chi connectivity index (χ1v) is 7.44. The van der Waals surface area contributed by atoms with Crippen molar-refractivity contribution >= 4 is 11.6 Å². The molecular formula is C19H16N4O2. The summed E-state index contributed by atoms with van der Waals surface area (Å²) in [5, 5.41) is 23.5. The van der Waals surface area contributed by atoms with Crippen LogP contribution in [0.3, 0.4) is 0 Å². The van der Waals surface area contributed by atoms with Gasteiger partial charge in [-0.2, -0.15) is 10.5 Å². The third-order valence-electron chi connectivity index (χ3n) is 3.37. The number of nitriles is 2. The van der Waals surface area contributed by atoms with Gasteiger partial charge in [-0.1, -0.05) is 12.1 Å². The number of ether oxygens (including phenoxy) is 1. The van der Waals surface area contributed by atoms with Gasteiger partial charge in [-0.15, -0.1) is 0 Å². The van der Waals surface area contributed by atoms with E-state index in [1.54, 1.807) is 43.5 Å². The topological polar surface area (TPSA) is 97.9 Å². The zero-order valence-corrected chi connectivity index (χ0v) is 13.6. The van der Waals surface area contributed by atoms with Gasteiger partial charge in [0.2, 0.25) is 0 Å². The maximum atomic E-state index is 12.1. The van der Waals surface area contributed by atoms with Crippen molar-refractivity contribution < 1.29 is 9.53 Å². The van der Waals surface area contributed by atoms with Crippen LogP contribution in [0.2, 0.25) is 0 Å². The van der Waals surface area contributed by atoms with Crippen LogP contribution in [0.4, 0.5) is 5.69 Å². The van der Waals surface area contributed by atoms with Crippen molar-refractivity contribution in [3.63, 3.8) is 0 Å². The molecule has 0 saturated heterocycles. The van der Waals surface area contributed by atoms with Gasteiger partial charge in [-0.3, -0.25) is 4.79 Å². The molecule has 6 nitrogen and oxygen atoms in total. The van der Waals surface area contributed by atoms with Crippen molar-refractivity contribution in [3.05, 3.63) is 71.4 Å². The zero-order chi connectivity index (χ0) is 18.1. The number of benzene rings is 2. The van der Waals surface area contributed by atoms with E-state index < -0.39 is 5.91 Å². The van der Waals surface area contributed by atoms with E-state index in [0.717, 1.165) is 11.3 Å². The Morgan fingerprint density at radius 1 is 1.12 bits per heavy atom. The molecule has 0 saturated carbocycles. The second-order valence-corrected chi connectivity index (χ2v) is 5.03. The first-order chi connectivity index (χ1) is 12.2. The standard InChI is InChI=1S/C19H16N4O2/c1-25-18-8-4-15(5-9-18)12-23-19(24)16(11-21)13-22-17-6-2-14(10-20)3-7-17/h2-9,13,22H,12H2,1H3,(H,23,24)/b16-13-. The number of carbonyl (C=O) groups excluding carboxylic acids is 1. The molecule has 0 spiro atoms. The highest BCUT2D eigenvalue weighted by Crippen LogP contribution is 2.12. The second kappa shape index (κ2) is 8.76. The van der Waals surface area contributed by atoms with E-state index in [9.17, 15) is 4.79 Å². The monoisotopic (exact) mass is 332 g/mol. The van der Waals surface area contributed by atoms with Gasteiger partial charge in [0.1, 0.15) is 17.4 Å². The Morgan fingerprint density at radius 2 is 1.80 bits per heavy atom. The number of amides is 1. The molecule has 2 N–H and O–H groups in total. The van der Waals surface area contributed by atoms with Gasteiger partial charge < -0.3 is 15.4 Å². The van der Waals surface area contributed by atoms with Gasteiger partial charge >= 0.3 is 0 Å². The van der Waals surface area contributed by atoms with Crippen LogP contribution < -0.4 is 15.4 Å². The van der Waals surface area contributed by atoms with Crippen molar-refractivity contribution in [1.29, 1.82) is 10.5 Å². The molecule has 1 amide bonds. The molecular weight excluding hydrogens is 316 g/mol. The lowest BCUT2D eigenvalue weighted by Crippen LogP contribution is -2.24. The number of rotatable bonds is 6. The van der Waals surface area contributed by atoms with E-state index in [1.165, 1.54) is 6.20 Å². The molecule has 2 rings (SSSR count). The predicted octanol–water partition coefficient (Wildman–Crippen LogP) is 2.70. The Labute approximate surface area is 146 Å².